The highest BCUT2D eigenvalue weighted by Gasteiger charge is 2.29. The summed E-state index contributed by atoms with van der Waals surface area (Å²) in [6.07, 6.45) is 16.8. The number of aliphatic imine (C=N–C) groups is 1. The lowest BCUT2D eigenvalue weighted by atomic mass is 10.2. The fourth-order valence-electron chi connectivity index (χ4n) is 3.33. The Morgan fingerprint density at radius 3 is 2.93 bits per heavy atom. The number of nitrogens with zero attached hydrogens (tertiary/aromatic N) is 7. The lowest BCUT2D eigenvalue weighted by molar-refractivity contribution is 0.223. The Balaban J connectivity index is 1.62. The topological polar surface area (TPSA) is 91.5 Å². The summed E-state index contributed by atoms with van der Waals surface area (Å²) in [5.41, 5.74) is 1.64. The minimum Gasteiger partial charge on any atom is -0.375 e. The molecule has 1 atom stereocenters. The van der Waals surface area contributed by atoms with E-state index in [1.54, 1.807) is 29.8 Å². The molecule has 1 fully saturated rings. The Bertz CT molecular complexity index is 946. The summed E-state index contributed by atoms with van der Waals surface area (Å²) >= 11 is 0. The maximum absolute atomic E-state index is 12.9. The molecule has 29 heavy (non-hydrogen) atoms. The van der Waals surface area contributed by atoms with E-state index in [0.717, 1.165) is 30.8 Å². The number of amides is 2. The first-order valence-corrected chi connectivity index (χ1v) is 9.67. The van der Waals surface area contributed by atoms with Crippen LogP contribution in [0.1, 0.15) is 31.9 Å². The summed E-state index contributed by atoms with van der Waals surface area (Å²) in [7, 11) is 0. The minimum absolute atomic E-state index is 0.0257. The second kappa shape index (κ2) is 8.26. The number of hydrogen-bond acceptors (Lipinski definition) is 6. The summed E-state index contributed by atoms with van der Waals surface area (Å²) in [6.45, 7) is 5.79. The predicted molar refractivity (Wildman–Crippen MR) is 111 cm³/mol. The quantitative estimate of drug-likeness (QED) is 0.867. The van der Waals surface area contributed by atoms with Crippen LogP contribution in [0, 0.1) is 0 Å². The average molecular weight is 392 g/mol. The summed E-state index contributed by atoms with van der Waals surface area (Å²) in [4.78, 5) is 29.5. The summed E-state index contributed by atoms with van der Waals surface area (Å²) in [6, 6.07) is 0.0142. The van der Waals surface area contributed by atoms with Crippen LogP contribution in [0.3, 0.4) is 0 Å². The van der Waals surface area contributed by atoms with Crippen molar-refractivity contribution in [2.75, 3.05) is 18.4 Å². The van der Waals surface area contributed by atoms with Crippen LogP contribution in [-0.2, 0) is 0 Å². The second-order valence-corrected chi connectivity index (χ2v) is 7.31. The minimum atomic E-state index is -0.275. The third-order valence-corrected chi connectivity index (χ3v) is 4.92. The lowest BCUT2D eigenvalue weighted by Gasteiger charge is -2.25. The van der Waals surface area contributed by atoms with Crippen molar-refractivity contribution < 1.29 is 4.79 Å². The van der Waals surface area contributed by atoms with Gasteiger partial charge in [0.15, 0.2) is 5.82 Å². The van der Waals surface area contributed by atoms with Gasteiger partial charge in [0.2, 0.25) is 0 Å². The van der Waals surface area contributed by atoms with E-state index in [1.165, 1.54) is 6.20 Å². The number of nitrogens with one attached hydrogen (secondary N) is 1. The first kappa shape index (κ1) is 18.9. The molecule has 0 unspecified atom stereocenters. The molecule has 150 valence electrons. The first-order valence-electron chi connectivity index (χ1n) is 9.67. The molecule has 4 rings (SSSR count). The number of anilines is 1. The molecule has 0 radical (unpaired) electrons. The highest BCUT2D eigenvalue weighted by atomic mass is 16.2. The maximum Gasteiger partial charge on any atom is 0.328 e. The molecule has 9 heteroatoms. The van der Waals surface area contributed by atoms with E-state index in [2.05, 4.69) is 44.1 Å². The molecule has 0 aliphatic carbocycles. The average Bonchev–Trinajstić information content (AvgIpc) is 3.37. The first-order chi connectivity index (χ1) is 14.1. The molecule has 1 saturated heterocycles. The summed E-state index contributed by atoms with van der Waals surface area (Å²) < 4.78 is 1.89. The van der Waals surface area contributed by atoms with Gasteiger partial charge in [0.05, 0.1) is 30.5 Å². The van der Waals surface area contributed by atoms with Crippen molar-refractivity contribution in [2.45, 2.75) is 32.4 Å². The molecule has 0 aromatic carbocycles. The van der Waals surface area contributed by atoms with Gasteiger partial charge in [-0.1, -0.05) is 0 Å². The Morgan fingerprint density at radius 1 is 1.28 bits per heavy atom. The zero-order chi connectivity index (χ0) is 20.2. The Kier molecular flexibility index (Phi) is 5.37. The number of urea groups is 1. The smallest absolute Gasteiger partial charge is 0.328 e. The molecule has 1 N–H and O–H groups in total. The van der Waals surface area contributed by atoms with E-state index >= 15 is 0 Å². The van der Waals surface area contributed by atoms with E-state index in [9.17, 15) is 4.79 Å². The predicted octanol–water partition coefficient (Wildman–Crippen LogP) is 2.76. The number of fused-ring (bicyclic) bond motifs is 2. The van der Waals surface area contributed by atoms with Crippen molar-refractivity contribution in [1.29, 1.82) is 0 Å². The third-order valence-electron chi connectivity index (χ3n) is 4.92. The van der Waals surface area contributed by atoms with Crippen LogP contribution in [0.15, 0.2) is 54.3 Å². The van der Waals surface area contributed by atoms with Gasteiger partial charge in [0.1, 0.15) is 0 Å². The molecule has 2 bridgehead atoms. The molecule has 4 heterocycles. The van der Waals surface area contributed by atoms with E-state index in [-0.39, 0.29) is 18.1 Å². The molecular formula is C20H24N8O. The lowest BCUT2D eigenvalue weighted by Crippen LogP contribution is -2.43. The van der Waals surface area contributed by atoms with Gasteiger partial charge in [0.25, 0.3) is 0 Å². The van der Waals surface area contributed by atoms with E-state index in [4.69, 9.17) is 0 Å². The number of allylic oxidation sites excluding steroid dienone is 2. The second-order valence-electron chi connectivity index (χ2n) is 7.31. The number of rotatable bonds is 3. The zero-order valence-corrected chi connectivity index (χ0v) is 16.5. The number of carbonyl (C=O) groups excluding carboxylic acids is 1. The fraction of sp³-hybridized carbons (Fsp3) is 0.350. The van der Waals surface area contributed by atoms with Gasteiger partial charge >= 0.3 is 6.03 Å². The van der Waals surface area contributed by atoms with Crippen molar-refractivity contribution in [3.05, 3.63) is 54.9 Å². The molecular weight excluding hydrogens is 368 g/mol. The van der Waals surface area contributed by atoms with Crippen LogP contribution in [-0.4, -0.2) is 61.0 Å². The SMILES string of the molecule is CC(C)n1cc(C2=CC=CN3CC[C@@H](C3)N(C(=O)Nc3cnccn3)C=N2)cn1. The highest BCUT2D eigenvalue weighted by molar-refractivity contribution is 5.97. The molecule has 0 saturated carbocycles. The molecule has 9 nitrogen and oxygen atoms in total. The molecule has 2 aliphatic heterocycles. The summed E-state index contributed by atoms with van der Waals surface area (Å²) in [5.74, 6) is 0.409. The maximum atomic E-state index is 12.9. The summed E-state index contributed by atoms with van der Waals surface area (Å²) in [5, 5.41) is 7.20. The highest BCUT2D eigenvalue weighted by Crippen LogP contribution is 2.21. The van der Waals surface area contributed by atoms with Gasteiger partial charge in [-0.05, 0) is 38.6 Å². The van der Waals surface area contributed by atoms with Gasteiger partial charge in [-0.25, -0.2) is 14.8 Å². The van der Waals surface area contributed by atoms with Gasteiger partial charge < -0.3 is 4.90 Å². The van der Waals surface area contributed by atoms with Gasteiger partial charge in [-0.2, -0.15) is 5.10 Å². The van der Waals surface area contributed by atoms with Gasteiger partial charge in [0, 0.05) is 43.3 Å². The van der Waals surface area contributed by atoms with Crippen LogP contribution in [0.25, 0.3) is 5.70 Å². The normalized spacial score (nSPS) is 18.9. The standard InChI is InChI=1S/C20H24N8O/c1-15(2)28-12-16(10-24-28)18-4-3-8-26-9-5-17(13-26)27(14-23-18)20(29)25-19-11-21-6-7-22-19/h3-4,6-8,10-12,14-15,17H,5,9,13H2,1-2H3,(H,22,25,29)/t17-/m0/s1. The van der Waals surface area contributed by atoms with E-state index in [0.29, 0.717) is 5.82 Å². The third kappa shape index (κ3) is 4.34. The Hall–Kier alpha value is -3.49. The fourth-order valence-corrected chi connectivity index (χ4v) is 3.33. The van der Waals surface area contributed by atoms with Crippen molar-refractivity contribution >= 4 is 23.9 Å². The Labute approximate surface area is 169 Å². The largest absolute Gasteiger partial charge is 0.375 e. The van der Waals surface area contributed by atoms with Crippen molar-refractivity contribution in [3.8, 4) is 0 Å². The van der Waals surface area contributed by atoms with Crippen LogP contribution < -0.4 is 5.32 Å². The number of aromatic nitrogens is 4. The van der Waals surface area contributed by atoms with Crippen LogP contribution in [0.4, 0.5) is 10.6 Å². The molecule has 2 aliphatic rings. The molecule has 0 spiro atoms. The number of hydrogen-bond donors (Lipinski definition) is 1. The van der Waals surface area contributed by atoms with Crippen molar-refractivity contribution in [2.24, 2.45) is 4.99 Å². The van der Waals surface area contributed by atoms with Crippen LogP contribution in [0.5, 0.6) is 0 Å². The van der Waals surface area contributed by atoms with E-state index in [1.807, 2.05) is 29.2 Å². The molecule has 2 amide bonds. The van der Waals surface area contributed by atoms with Gasteiger partial charge in [-0.3, -0.25) is 19.9 Å². The van der Waals surface area contributed by atoms with Gasteiger partial charge in [-0.15, -0.1) is 0 Å². The monoisotopic (exact) mass is 392 g/mol. The molecule has 2 aromatic rings. The van der Waals surface area contributed by atoms with E-state index < -0.39 is 0 Å². The zero-order valence-electron chi connectivity index (χ0n) is 16.5. The van der Waals surface area contributed by atoms with Crippen LogP contribution in [0.2, 0.25) is 0 Å². The van der Waals surface area contributed by atoms with Crippen LogP contribution >= 0.6 is 0 Å². The molecule has 2 aromatic heterocycles. The van der Waals surface area contributed by atoms with Crippen molar-refractivity contribution in [3.63, 3.8) is 0 Å². The number of carbonyl (C=O) groups is 1. The Morgan fingerprint density at radius 2 is 2.17 bits per heavy atom. The van der Waals surface area contributed by atoms with Crippen molar-refractivity contribution in [1.82, 2.24) is 29.5 Å².